The number of ether oxygens (including phenoxy) is 2. The average Bonchev–Trinajstić information content (AvgIpc) is 2.73. The first-order valence-electron chi connectivity index (χ1n) is 9.80. The molecule has 0 bridgehead atoms. The molecule has 2 rings (SSSR count). The summed E-state index contributed by atoms with van der Waals surface area (Å²) in [5.74, 6) is 2.00. The highest BCUT2D eigenvalue weighted by Crippen LogP contribution is 2.17. The number of benzene rings is 2. The molecule has 0 unspecified atom stereocenters. The Kier molecular flexibility index (Phi) is 12.8. The van der Waals surface area contributed by atoms with Gasteiger partial charge in [-0.15, -0.1) is 24.0 Å². The Morgan fingerprint density at radius 3 is 2.48 bits per heavy atom. The second kappa shape index (κ2) is 14.7. The Hall–Kier alpha value is -2.20. The zero-order valence-corrected chi connectivity index (χ0v) is 21.1. The second-order valence-electron chi connectivity index (χ2n) is 6.52. The highest BCUT2D eigenvalue weighted by Gasteiger charge is 2.07. The number of likely N-dealkylation sites (N-methyl/N-ethyl adjacent to an activating group) is 2. The van der Waals surface area contributed by atoms with E-state index < -0.39 is 0 Å². The van der Waals surface area contributed by atoms with Gasteiger partial charge in [0.15, 0.2) is 12.6 Å². The van der Waals surface area contributed by atoms with Crippen molar-refractivity contribution in [2.45, 2.75) is 13.5 Å². The van der Waals surface area contributed by atoms with E-state index in [2.05, 4.69) is 15.6 Å². The van der Waals surface area contributed by atoms with Gasteiger partial charge in [0.2, 0.25) is 0 Å². The topological polar surface area (TPSA) is 75.2 Å². The third-order valence-electron chi connectivity index (χ3n) is 4.16. The first kappa shape index (κ1) is 26.8. The Morgan fingerprint density at radius 1 is 1.10 bits per heavy atom. The lowest BCUT2D eigenvalue weighted by Gasteiger charge is -2.22. The van der Waals surface area contributed by atoms with Crippen LogP contribution < -0.4 is 20.1 Å². The van der Waals surface area contributed by atoms with Crippen LogP contribution in [0.15, 0.2) is 53.5 Å². The van der Waals surface area contributed by atoms with Crippen molar-refractivity contribution in [3.63, 3.8) is 0 Å². The lowest BCUT2D eigenvalue weighted by atomic mass is 10.2. The predicted octanol–water partition coefficient (Wildman–Crippen LogP) is 3.56. The van der Waals surface area contributed by atoms with Crippen molar-refractivity contribution in [3.8, 4) is 11.5 Å². The summed E-state index contributed by atoms with van der Waals surface area (Å²) in [4.78, 5) is 17.8. The molecule has 0 saturated carbocycles. The molecule has 0 atom stereocenters. The molecule has 1 amide bonds. The number of nitrogens with one attached hydrogen (secondary N) is 2. The van der Waals surface area contributed by atoms with Gasteiger partial charge in [-0.3, -0.25) is 9.79 Å². The van der Waals surface area contributed by atoms with Gasteiger partial charge in [-0.25, -0.2) is 0 Å². The van der Waals surface area contributed by atoms with Gasteiger partial charge in [0.25, 0.3) is 5.91 Å². The summed E-state index contributed by atoms with van der Waals surface area (Å²) in [6.07, 6.45) is 0. The van der Waals surface area contributed by atoms with Crippen LogP contribution in [0.25, 0.3) is 0 Å². The standard InChI is InChI=1S/C22H29ClN4O3.HI/c1-4-25-21(28)16-30-19-9-5-7-17(13-19)15-26-22(24-2)27(3)11-12-29-20-10-6-8-18(23)14-20;/h5-10,13-14H,4,11-12,15-16H2,1-3H3,(H,24,26)(H,25,28);1H. The molecule has 9 heteroatoms. The van der Waals surface area contributed by atoms with Crippen LogP contribution in [-0.4, -0.2) is 57.2 Å². The molecule has 0 radical (unpaired) electrons. The lowest BCUT2D eigenvalue weighted by Crippen LogP contribution is -2.40. The maximum absolute atomic E-state index is 11.5. The second-order valence-corrected chi connectivity index (χ2v) is 6.95. The molecule has 0 fully saturated rings. The molecule has 0 aliphatic carbocycles. The summed E-state index contributed by atoms with van der Waals surface area (Å²) in [7, 11) is 3.69. The fourth-order valence-corrected chi connectivity index (χ4v) is 2.85. The SMILES string of the molecule is CCNC(=O)COc1cccc(CNC(=NC)N(C)CCOc2cccc(Cl)c2)c1.I. The fourth-order valence-electron chi connectivity index (χ4n) is 2.67. The number of rotatable bonds is 10. The number of carbonyl (C=O) groups excluding carboxylic acids is 1. The van der Waals surface area contributed by atoms with Crippen molar-refractivity contribution in [3.05, 3.63) is 59.1 Å². The van der Waals surface area contributed by atoms with Gasteiger partial charge in [0, 0.05) is 32.2 Å². The molecule has 31 heavy (non-hydrogen) atoms. The van der Waals surface area contributed by atoms with Crippen molar-refractivity contribution in [2.75, 3.05) is 40.4 Å². The molecule has 0 heterocycles. The summed E-state index contributed by atoms with van der Waals surface area (Å²) < 4.78 is 11.3. The van der Waals surface area contributed by atoms with Gasteiger partial charge in [-0.05, 0) is 42.8 Å². The number of carbonyl (C=O) groups is 1. The Morgan fingerprint density at radius 2 is 1.81 bits per heavy atom. The summed E-state index contributed by atoms with van der Waals surface area (Å²) in [6.45, 7) is 4.19. The minimum Gasteiger partial charge on any atom is -0.492 e. The quantitative estimate of drug-likeness (QED) is 0.264. The molecule has 170 valence electrons. The molecule has 0 spiro atoms. The first-order chi connectivity index (χ1) is 14.5. The Bertz CT molecular complexity index is 851. The normalized spacial score (nSPS) is 10.6. The monoisotopic (exact) mass is 560 g/mol. The summed E-state index contributed by atoms with van der Waals surface area (Å²) in [5, 5.41) is 6.67. The predicted molar refractivity (Wildman–Crippen MR) is 136 cm³/mol. The lowest BCUT2D eigenvalue weighted by molar-refractivity contribution is -0.122. The van der Waals surface area contributed by atoms with E-state index in [4.69, 9.17) is 21.1 Å². The van der Waals surface area contributed by atoms with E-state index in [0.717, 1.165) is 17.3 Å². The van der Waals surface area contributed by atoms with E-state index in [-0.39, 0.29) is 36.5 Å². The van der Waals surface area contributed by atoms with Crippen molar-refractivity contribution in [1.82, 2.24) is 15.5 Å². The highest BCUT2D eigenvalue weighted by atomic mass is 127. The smallest absolute Gasteiger partial charge is 0.257 e. The number of halogens is 2. The van der Waals surface area contributed by atoms with Crippen LogP contribution in [0, 0.1) is 0 Å². The highest BCUT2D eigenvalue weighted by molar-refractivity contribution is 14.0. The molecule has 2 aromatic rings. The largest absolute Gasteiger partial charge is 0.492 e. The molecule has 7 nitrogen and oxygen atoms in total. The third kappa shape index (κ3) is 10.1. The number of hydrogen-bond acceptors (Lipinski definition) is 4. The maximum atomic E-state index is 11.5. The van der Waals surface area contributed by atoms with Gasteiger partial charge in [0.05, 0.1) is 6.54 Å². The van der Waals surface area contributed by atoms with Crippen LogP contribution in [0.2, 0.25) is 5.02 Å². The van der Waals surface area contributed by atoms with E-state index in [1.807, 2.05) is 61.3 Å². The van der Waals surface area contributed by atoms with Crippen LogP contribution >= 0.6 is 35.6 Å². The molecule has 0 aliphatic heterocycles. The fraction of sp³-hybridized carbons (Fsp3) is 0.364. The van der Waals surface area contributed by atoms with E-state index >= 15 is 0 Å². The van der Waals surface area contributed by atoms with Crippen LogP contribution in [0.5, 0.6) is 11.5 Å². The number of aliphatic imine (C=N–C) groups is 1. The number of hydrogen-bond donors (Lipinski definition) is 2. The van der Waals surface area contributed by atoms with Gasteiger partial charge in [-0.1, -0.05) is 29.8 Å². The molecule has 0 aromatic heterocycles. The summed E-state index contributed by atoms with van der Waals surface area (Å²) in [6, 6.07) is 15.0. The molecular weight excluding hydrogens is 531 g/mol. The molecule has 2 aromatic carbocycles. The number of nitrogens with zero attached hydrogens (tertiary/aromatic N) is 2. The van der Waals surface area contributed by atoms with Crippen LogP contribution in [0.4, 0.5) is 0 Å². The molecule has 0 saturated heterocycles. The summed E-state index contributed by atoms with van der Waals surface area (Å²) in [5.41, 5.74) is 1.02. The van der Waals surface area contributed by atoms with Gasteiger partial charge >= 0.3 is 0 Å². The van der Waals surface area contributed by atoms with E-state index in [1.54, 1.807) is 13.1 Å². The van der Waals surface area contributed by atoms with Gasteiger partial charge < -0.3 is 25.0 Å². The van der Waals surface area contributed by atoms with E-state index in [0.29, 0.717) is 37.0 Å². The molecule has 0 aliphatic rings. The van der Waals surface area contributed by atoms with Crippen LogP contribution in [0.3, 0.4) is 0 Å². The van der Waals surface area contributed by atoms with Crippen molar-refractivity contribution >= 4 is 47.4 Å². The minimum absolute atomic E-state index is 0. The third-order valence-corrected chi connectivity index (χ3v) is 4.39. The minimum atomic E-state index is -0.136. The average molecular weight is 561 g/mol. The molecular formula is C22H30ClIN4O3. The number of guanidine groups is 1. The van der Waals surface area contributed by atoms with E-state index in [9.17, 15) is 4.79 Å². The zero-order valence-electron chi connectivity index (χ0n) is 18.1. The van der Waals surface area contributed by atoms with Crippen molar-refractivity contribution in [2.24, 2.45) is 4.99 Å². The summed E-state index contributed by atoms with van der Waals surface area (Å²) >= 11 is 5.97. The van der Waals surface area contributed by atoms with E-state index in [1.165, 1.54) is 0 Å². The van der Waals surface area contributed by atoms with Gasteiger partial charge in [-0.2, -0.15) is 0 Å². The maximum Gasteiger partial charge on any atom is 0.257 e. The van der Waals surface area contributed by atoms with Crippen molar-refractivity contribution in [1.29, 1.82) is 0 Å². The first-order valence-corrected chi connectivity index (χ1v) is 10.2. The molecule has 2 N–H and O–H groups in total. The van der Waals surface area contributed by atoms with Gasteiger partial charge in [0.1, 0.15) is 18.1 Å². The van der Waals surface area contributed by atoms with Crippen LogP contribution in [0.1, 0.15) is 12.5 Å². The Balaban J connectivity index is 0.00000480. The van der Waals surface area contributed by atoms with Crippen molar-refractivity contribution < 1.29 is 14.3 Å². The zero-order chi connectivity index (χ0) is 21.8. The van der Waals surface area contributed by atoms with Crippen LogP contribution in [-0.2, 0) is 11.3 Å². The number of amides is 1. The Labute approximate surface area is 206 Å².